The first-order valence-corrected chi connectivity index (χ1v) is 7.88. The first kappa shape index (κ1) is 19.0. The Morgan fingerprint density at radius 2 is 1.50 bits per heavy atom. The number of carbonyl (C=O) groups is 3. The highest BCUT2D eigenvalue weighted by Gasteiger charge is 2.17. The van der Waals surface area contributed by atoms with E-state index in [2.05, 4.69) is 15.4 Å². The van der Waals surface area contributed by atoms with E-state index in [-0.39, 0.29) is 6.04 Å². The summed E-state index contributed by atoms with van der Waals surface area (Å²) in [4.78, 5) is 35.4. The number of rotatable bonds is 5. The summed E-state index contributed by atoms with van der Waals surface area (Å²) in [5, 5.41) is 5.10. The Hall–Kier alpha value is -3.35. The minimum Gasteiger partial charge on any atom is -0.497 e. The van der Waals surface area contributed by atoms with Gasteiger partial charge >= 0.3 is 17.8 Å². The van der Waals surface area contributed by atoms with Gasteiger partial charge in [-0.1, -0.05) is 12.1 Å². The molecule has 0 fully saturated rings. The molecule has 0 aliphatic heterocycles. The van der Waals surface area contributed by atoms with Crippen LogP contribution in [0.3, 0.4) is 0 Å². The molecule has 0 aliphatic carbocycles. The molecule has 0 radical (unpaired) electrons. The number of ether oxygens (including phenoxy) is 2. The van der Waals surface area contributed by atoms with Gasteiger partial charge in [0.25, 0.3) is 0 Å². The van der Waals surface area contributed by atoms with Crippen LogP contribution in [-0.2, 0) is 14.3 Å². The topological polar surface area (TPSA) is 93.7 Å². The predicted octanol–water partition coefficient (Wildman–Crippen LogP) is 2.30. The molecule has 2 N–H and O–H groups in total. The molecular weight excluding hydrogens is 336 g/mol. The third-order valence-corrected chi connectivity index (χ3v) is 3.73. The van der Waals surface area contributed by atoms with Crippen molar-refractivity contribution in [2.75, 3.05) is 19.5 Å². The summed E-state index contributed by atoms with van der Waals surface area (Å²) >= 11 is 0. The fourth-order valence-electron chi connectivity index (χ4n) is 2.23. The minimum absolute atomic E-state index is 0.346. The van der Waals surface area contributed by atoms with Crippen molar-refractivity contribution in [2.24, 2.45) is 0 Å². The Bertz CT molecular complexity index is 785. The van der Waals surface area contributed by atoms with E-state index in [1.807, 2.05) is 12.1 Å². The summed E-state index contributed by atoms with van der Waals surface area (Å²) in [6, 6.07) is 12.9. The lowest BCUT2D eigenvalue weighted by molar-refractivity contribution is -0.136. The van der Waals surface area contributed by atoms with Crippen molar-refractivity contribution < 1.29 is 23.9 Å². The van der Waals surface area contributed by atoms with E-state index < -0.39 is 17.8 Å². The van der Waals surface area contributed by atoms with Crippen LogP contribution in [0, 0.1) is 0 Å². The number of amides is 2. The number of anilines is 1. The molecule has 2 rings (SSSR count). The first-order valence-electron chi connectivity index (χ1n) is 7.88. The molecule has 1 unspecified atom stereocenters. The van der Waals surface area contributed by atoms with Crippen LogP contribution in [-0.4, -0.2) is 32.0 Å². The molecule has 2 aromatic carbocycles. The van der Waals surface area contributed by atoms with Crippen molar-refractivity contribution in [3.63, 3.8) is 0 Å². The van der Waals surface area contributed by atoms with Gasteiger partial charge in [0.2, 0.25) is 0 Å². The smallest absolute Gasteiger partial charge is 0.337 e. The number of hydrogen-bond acceptors (Lipinski definition) is 5. The second-order valence-electron chi connectivity index (χ2n) is 5.49. The number of methoxy groups -OCH3 is 2. The SMILES string of the molecule is COC(=O)c1ccc(NC(=O)C(=O)NC(C)c2ccc(OC)cc2)cc1. The van der Waals surface area contributed by atoms with Crippen LogP contribution in [0.15, 0.2) is 48.5 Å². The van der Waals surface area contributed by atoms with Crippen LogP contribution in [0.25, 0.3) is 0 Å². The van der Waals surface area contributed by atoms with Crippen molar-refractivity contribution in [1.82, 2.24) is 5.32 Å². The van der Waals surface area contributed by atoms with E-state index in [0.29, 0.717) is 17.0 Å². The van der Waals surface area contributed by atoms with Gasteiger partial charge in [0.05, 0.1) is 25.8 Å². The highest BCUT2D eigenvalue weighted by molar-refractivity contribution is 6.39. The predicted molar refractivity (Wildman–Crippen MR) is 96.0 cm³/mol. The van der Waals surface area contributed by atoms with Gasteiger partial charge in [-0.2, -0.15) is 0 Å². The molecule has 0 aliphatic rings. The third kappa shape index (κ3) is 4.83. The van der Waals surface area contributed by atoms with Gasteiger partial charge in [-0.25, -0.2) is 4.79 Å². The molecule has 26 heavy (non-hydrogen) atoms. The van der Waals surface area contributed by atoms with Crippen molar-refractivity contribution in [3.8, 4) is 5.75 Å². The molecule has 0 aromatic heterocycles. The maximum absolute atomic E-state index is 12.1. The maximum Gasteiger partial charge on any atom is 0.337 e. The summed E-state index contributed by atoms with van der Waals surface area (Å²) in [5.74, 6) is -1.32. The van der Waals surface area contributed by atoms with E-state index in [0.717, 1.165) is 5.56 Å². The van der Waals surface area contributed by atoms with Crippen molar-refractivity contribution in [2.45, 2.75) is 13.0 Å². The number of esters is 1. The Morgan fingerprint density at radius 1 is 0.885 bits per heavy atom. The van der Waals surface area contributed by atoms with E-state index in [1.54, 1.807) is 26.2 Å². The van der Waals surface area contributed by atoms with E-state index in [1.165, 1.54) is 31.4 Å². The van der Waals surface area contributed by atoms with Gasteiger partial charge in [0.15, 0.2) is 0 Å². The van der Waals surface area contributed by atoms with E-state index in [9.17, 15) is 14.4 Å². The average Bonchev–Trinajstić information content (AvgIpc) is 2.67. The van der Waals surface area contributed by atoms with Crippen LogP contribution in [0.1, 0.15) is 28.9 Å². The van der Waals surface area contributed by atoms with E-state index in [4.69, 9.17) is 4.74 Å². The Morgan fingerprint density at radius 3 is 2.04 bits per heavy atom. The summed E-state index contributed by atoms with van der Waals surface area (Å²) in [7, 11) is 2.86. The lowest BCUT2D eigenvalue weighted by atomic mass is 10.1. The van der Waals surface area contributed by atoms with Crippen molar-refractivity contribution in [3.05, 3.63) is 59.7 Å². The molecule has 7 heteroatoms. The molecule has 0 saturated carbocycles. The Kier molecular flexibility index (Phi) is 6.32. The van der Waals surface area contributed by atoms with Gasteiger partial charge in [0, 0.05) is 5.69 Å². The molecule has 0 saturated heterocycles. The number of benzene rings is 2. The van der Waals surface area contributed by atoms with Gasteiger partial charge in [0.1, 0.15) is 5.75 Å². The average molecular weight is 356 g/mol. The van der Waals surface area contributed by atoms with Gasteiger partial charge < -0.3 is 20.1 Å². The molecule has 136 valence electrons. The van der Waals surface area contributed by atoms with Crippen LogP contribution >= 0.6 is 0 Å². The monoisotopic (exact) mass is 356 g/mol. The second kappa shape index (κ2) is 8.66. The maximum atomic E-state index is 12.1. The molecule has 1 atom stereocenters. The lowest BCUT2D eigenvalue weighted by Gasteiger charge is -2.14. The van der Waals surface area contributed by atoms with Crippen molar-refractivity contribution >= 4 is 23.5 Å². The number of carbonyl (C=O) groups excluding carboxylic acids is 3. The van der Waals surface area contributed by atoms with Gasteiger partial charge in [-0.05, 0) is 48.9 Å². The molecule has 0 spiro atoms. The normalized spacial score (nSPS) is 11.2. The summed E-state index contributed by atoms with van der Waals surface area (Å²) in [6.45, 7) is 1.78. The fourth-order valence-corrected chi connectivity index (χ4v) is 2.23. The zero-order valence-electron chi connectivity index (χ0n) is 14.7. The third-order valence-electron chi connectivity index (χ3n) is 3.73. The van der Waals surface area contributed by atoms with Crippen LogP contribution in [0.2, 0.25) is 0 Å². The Labute approximate surface area is 151 Å². The van der Waals surface area contributed by atoms with Crippen molar-refractivity contribution in [1.29, 1.82) is 0 Å². The molecular formula is C19H20N2O5. The van der Waals surface area contributed by atoms with Crippen LogP contribution in [0.5, 0.6) is 5.75 Å². The zero-order chi connectivity index (χ0) is 19.1. The highest BCUT2D eigenvalue weighted by Crippen LogP contribution is 2.17. The molecule has 0 bridgehead atoms. The first-order chi connectivity index (χ1) is 12.4. The molecule has 2 amide bonds. The van der Waals surface area contributed by atoms with Gasteiger partial charge in [-0.3, -0.25) is 9.59 Å². The summed E-state index contributed by atoms with van der Waals surface area (Å²) < 4.78 is 9.68. The molecule has 2 aromatic rings. The zero-order valence-corrected chi connectivity index (χ0v) is 14.7. The van der Waals surface area contributed by atoms with Crippen LogP contribution in [0.4, 0.5) is 5.69 Å². The fraction of sp³-hybridized carbons (Fsp3) is 0.211. The number of nitrogens with one attached hydrogen (secondary N) is 2. The van der Waals surface area contributed by atoms with E-state index >= 15 is 0 Å². The highest BCUT2D eigenvalue weighted by atomic mass is 16.5. The quantitative estimate of drug-likeness (QED) is 0.633. The molecule has 0 heterocycles. The summed E-state index contributed by atoms with van der Waals surface area (Å²) in [5.41, 5.74) is 1.59. The van der Waals surface area contributed by atoms with Gasteiger partial charge in [-0.15, -0.1) is 0 Å². The minimum atomic E-state index is -0.795. The largest absolute Gasteiger partial charge is 0.497 e. The summed E-state index contributed by atoms with van der Waals surface area (Å²) in [6.07, 6.45) is 0. The lowest BCUT2D eigenvalue weighted by Crippen LogP contribution is -2.36. The number of hydrogen-bond donors (Lipinski definition) is 2. The van der Waals surface area contributed by atoms with Crippen LogP contribution < -0.4 is 15.4 Å². The second-order valence-corrected chi connectivity index (χ2v) is 5.49. The Balaban J connectivity index is 1.94. The molecule has 7 nitrogen and oxygen atoms in total. The standard InChI is InChI=1S/C19H20N2O5/c1-12(13-6-10-16(25-2)11-7-13)20-17(22)18(23)21-15-8-4-14(5-9-15)19(24)26-3/h4-12H,1-3H3,(H,20,22)(H,21,23).